The molecule has 0 bridgehead atoms. The number of nitrogens with zero attached hydrogens (tertiary/aromatic N) is 1. The molecule has 3 aromatic rings. The van der Waals surface area contributed by atoms with Crippen molar-refractivity contribution in [3.8, 4) is 11.5 Å². The van der Waals surface area contributed by atoms with Crippen LogP contribution >= 0.6 is 0 Å². The molecule has 5 heteroatoms. The first-order chi connectivity index (χ1) is 16.7. The van der Waals surface area contributed by atoms with E-state index in [-0.39, 0.29) is 5.91 Å². The first-order valence-electron chi connectivity index (χ1n) is 11.9. The van der Waals surface area contributed by atoms with Crippen LogP contribution in [0.5, 0.6) is 11.5 Å². The van der Waals surface area contributed by atoms with Gasteiger partial charge in [-0.1, -0.05) is 74.5 Å². The van der Waals surface area contributed by atoms with Crippen molar-refractivity contribution < 1.29 is 19.1 Å². The van der Waals surface area contributed by atoms with Crippen molar-refractivity contribution in [2.45, 2.75) is 39.2 Å². The van der Waals surface area contributed by atoms with E-state index in [0.29, 0.717) is 36.8 Å². The zero-order chi connectivity index (χ0) is 24.2. The fourth-order valence-electron chi connectivity index (χ4n) is 3.79. The van der Waals surface area contributed by atoms with E-state index in [1.165, 1.54) is 5.56 Å². The zero-order valence-electron chi connectivity index (χ0n) is 20.0. The monoisotopic (exact) mass is 459 g/mol. The Morgan fingerprint density at radius 1 is 0.882 bits per heavy atom. The number of hydrogen-bond acceptors (Lipinski definition) is 4. The Morgan fingerprint density at radius 3 is 2.15 bits per heavy atom. The highest BCUT2D eigenvalue weighted by Crippen LogP contribution is 2.33. The first-order valence-corrected chi connectivity index (χ1v) is 11.9. The van der Waals surface area contributed by atoms with Gasteiger partial charge in [0.25, 0.3) is 5.91 Å². The molecule has 3 rings (SSSR count). The molecule has 178 valence electrons. The topological polar surface area (TPSA) is 55.8 Å². The first kappa shape index (κ1) is 25.0. The van der Waals surface area contributed by atoms with Crippen LogP contribution < -0.4 is 9.47 Å². The smallest absolute Gasteiger partial charge is 0.268 e. The molecule has 0 spiro atoms. The molecule has 0 aliphatic rings. The summed E-state index contributed by atoms with van der Waals surface area (Å²) in [5, 5.41) is 0. The maximum atomic E-state index is 13.6. The van der Waals surface area contributed by atoms with Crippen LogP contribution in [0.3, 0.4) is 0 Å². The number of hydrogen-bond donors (Lipinski definition) is 0. The lowest BCUT2D eigenvalue weighted by atomic mass is 10.1. The summed E-state index contributed by atoms with van der Waals surface area (Å²) >= 11 is 0. The summed E-state index contributed by atoms with van der Waals surface area (Å²) in [6.07, 6.45) is 2.39. The molecule has 0 saturated carbocycles. The SMILES string of the molecule is CCCN(CCC)C(=O)C(Oc1cc(C=O)ccc1OCCc1ccccc1)c1ccccc1. The van der Waals surface area contributed by atoms with E-state index in [1.807, 2.05) is 53.4 Å². The van der Waals surface area contributed by atoms with E-state index >= 15 is 0 Å². The Labute approximate surface area is 202 Å². The van der Waals surface area contributed by atoms with Gasteiger partial charge >= 0.3 is 0 Å². The second kappa shape index (κ2) is 13.2. The quantitative estimate of drug-likeness (QED) is 0.299. The third-order valence-corrected chi connectivity index (χ3v) is 5.47. The molecule has 0 aliphatic heterocycles. The molecule has 1 unspecified atom stereocenters. The van der Waals surface area contributed by atoms with Gasteiger partial charge in [0.2, 0.25) is 6.10 Å². The Kier molecular flexibility index (Phi) is 9.71. The van der Waals surface area contributed by atoms with Gasteiger partial charge in [0.1, 0.15) is 6.29 Å². The van der Waals surface area contributed by atoms with Crippen molar-refractivity contribution in [1.82, 2.24) is 4.90 Å². The van der Waals surface area contributed by atoms with Gasteiger partial charge in [-0.15, -0.1) is 0 Å². The minimum atomic E-state index is -0.835. The number of rotatable bonds is 13. The summed E-state index contributed by atoms with van der Waals surface area (Å²) in [5.74, 6) is 0.794. The third kappa shape index (κ3) is 6.95. The molecule has 0 aliphatic carbocycles. The number of carbonyl (C=O) groups excluding carboxylic acids is 2. The highest BCUT2D eigenvalue weighted by Gasteiger charge is 2.28. The van der Waals surface area contributed by atoms with Gasteiger partial charge in [0.05, 0.1) is 6.61 Å². The van der Waals surface area contributed by atoms with Gasteiger partial charge in [-0.05, 0) is 36.6 Å². The van der Waals surface area contributed by atoms with Crippen molar-refractivity contribution in [2.75, 3.05) is 19.7 Å². The van der Waals surface area contributed by atoms with Crippen LogP contribution in [0.1, 0.15) is 54.3 Å². The fraction of sp³-hybridized carbons (Fsp3) is 0.310. The average Bonchev–Trinajstić information content (AvgIpc) is 2.88. The summed E-state index contributed by atoms with van der Waals surface area (Å²) < 4.78 is 12.4. The third-order valence-electron chi connectivity index (χ3n) is 5.47. The van der Waals surface area contributed by atoms with Crippen LogP contribution in [0.4, 0.5) is 0 Å². The molecular weight excluding hydrogens is 426 g/mol. The molecule has 5 nitrogen and oxygen atoms in total. The van der Waals surface area contributed by atoms with E-state index in [9.17, 15) is 9.59 Å². The van der Waals surface area contributed by atoms with Crippen LogP contribution in [0, 0.1) is 0 Å². The highest BCUT2D eigenvalue weighted by atomic mass is 16.5. The minimum absolute atomic E-state index is 0.0957. The van der Waals surface area contributed by atoms with Crippen LogP contribution in [-0.2, 0) is 11.2 Å². The molecule has 3 aromatic carbocycles. The normalized spacial score (nSPS) is 11.5. The van der Waals surface area contributed by atoms with Gasteiger partial charge in [-0.25, -0.2) is 0 Å². The number of ether oxygens (including phenoxy) is 2. The fourth-order valence-corrected chi connectivity index (χ4v) is 3.79. The van der Waals surface area contributed by atoms with Crippen LogP contribution in [-0.4, -0.2) is 36.8 Å². The van der Waals surface area contributed by atoms with Crippen LogP contribution in [0.25, 0.3) is 0 Å². The lowest BCUT2D eigenvalue weighted by Gasteiger charge is -2.28. The van der Waals surface area contributed by atoms with E-state index in [2.05, 4.69) is 26.0 Å². The predicted octanol–water partition coefficient (Wildman–Crippen LogP) is 5.89. The van der Waals surface area contributed by atoms with Crippen molar-refractivity contribution in [3.05, 3.63) is 95.6 Å². The molecule has 1 amide bonds. The molecule has 0 heterocycles. The van der Waals surface area contributed by atoms with E-state index < -0.39 is 6.10 Å². The zero-order valence-corrected chi connectivity index (χ0v) is 20.0. The molecular formula is C29H33NO4. The van der Waals surface area contributed by atoms with Crippen LogP contribution in [0.2, 0.25) is 0 Å². The van der Waals surface area contributed by atoms with Gasteiger partial charge in [0, 0.05) is 30.6 Å². The molecule has 0 fully saturated rings. The maximum Gasteiger partial charge on any atom is 0.268 e. The molecule has 34 heavy (non-hydrogen) atoms. The molecule has 0 radical (unpaired) electrons. The number of benzene rings is 3. The average molecular weight is 460 g/mol. The van der Waals surface area contributed by atoms with Crippen LogP contribution in [0.15, 0.2) is 78.9 Å². The molecule has 1 atom stereocenters. The van der Waals surface area contributed by atoms with Gasteiger partial charge < -0.3 is 14.4 Å². The largest absolute Gasteiger partial charge is 0.489 e. The molecule has 0 aromatic heterocycles. The Balaban J connectivity index is 1.87. The maximum absolute atomic E-state index is 13.6. The summed E-state index contributed by atoms with van der Waals surface area (Å²) in [6.45, 7) is 5.88. The Morgan fingerprint density at radius 2 is 1.53 bits per heavy atom. The Bertz CT molecular complexity index is 1030. The molecule has 0 saturated heterocycles. The minimum Gasteiger partial charge on any atom is -0.489 e. The van der Waals surface area contributed by atoms with Crippen molar-refractivity contribution >= 4 is 12.2 Å². The highest BCUT2D eigenvalue weighted by molar-refractivity contribution is 5.83. The van der Waals surface area contributed by atoms with Crippen molar-refractivity contribution in [2.24, 2.45) is 0 Å². The lowest BCUT2D eigenvalue weighted by molar-refractivity contribution is -0.139. The number of aldehydes is 1. The number of amides is 1. The lowest BCUT2D eigenvalue weighted by Crippen LogP contribution is -2.38. The van der Waals surface area contributed by atoms with Crippen molar-refractivity contribution in [3.63, 3.8) is 0 Å². The van der Waals surface area contributed by atoms with Crippen molar-refractivity contribution in [1.29, 1.82) is 0 Å². The summed E-state index contributed by atoms with van der Waals surface area (Å²) in [5.41, 5.74) is 2.39. The van der Waals surface area contributed by atoms with E-state index in [0.717, 1.165) is 31.1 Å². The Hall–Kier alpha value is -3.60. The van der Waals surface area contributed by atoms with E-state index in [4.69, 9.17) is 9.47 Å². The number of carbonyl (C=O) groups is 2. The standard InChI is InChI=1S/C29H33NO4/c1-3-18-30(19-4-2)29(32)28(25-13-9-6-10-14-25)34-27-21-24(22-31)15-16-26(27)33-20-17-23-11-7-5-8-12-23/h5-16,21-22,28H,3-4,17-20H2,1-2H3. The van der Waals surface area contributed by atoms with Gasteiger partial charge in [-0.3, -0.25) is 9.59 Å². The van der Waals surface area contributed by atoms with Gasteiger partial charge in [-0.2, -0.15) is 0 Å². The summed E-state index contributed by atoms with van der Waals surface area (Å²) in [4.78, 5) is 26.9. The molecule has 0 N–H and O–H groups in total. The van der Waals surface area contributed by atoms with Gasteiger partial charge in [0.15, 0.2) is 11.5 Å². The summed E-state index contributed by atoms with van der Waals surface area (Å²) in [6, 6.07) is 24.6. The predicted molar refractivity (Wildman–Crippen MR) is 134 cm³/mol. The second-order valence-corrected chi connectivity index (χ2v) is 8.14. The van der Waals surface area contributed by atoms with E-state index in [1.54, 1.807) is 18.2 Å². The second-order valence-electron chi connectivity index (χ2n) is 8.14. The summed E-state index contributed by atoms with van der Waals surface area (Å²) in [7, 11) is 0.